The lowest BCUT2D eigenvalue weighted by molar-refractivity contribution is -0.120. The Kier molecular flexibility index (Phi) is 3.21. The number of amides is 1. The van der Waals surface area contributed by atoms with Crippen molar-refractivity contribution in [1.29, 1.82) is 0 Å². The van der Waals surface area contributed by atoms with Crippen LogP contribution in [0, 0.1) is 0 Å². The normalized spacial score (nSPS) is 14.3. The second kappa shape index (κ2) is 5.01. The molecule has 1 aromatic carbocycles. The lowest BCUT2D eigenvalue weighted by Crippen LogP contribution is -2.27. The monoisotopic (exact) mass is 273 g/mol. The summed E-state index contributed by atoms with van der Waals surface area (Å²) in [6.07, 6.45) is 2.56. The second-order valence-electron chi connectivity index (χ2n) is 4.75. The van der Waals surface area contributed by atoms with Crippen LogP contribution in [-0.4, -0.2) is 16.9 Å². The molecule has 1 aliphatic rings. The number of nitrogens with zero attached hydrogens (tertiary/aromatic N) is 1. The zero-order valence-corrected chi connectivity index (χ0v) is 11.2. The molecular formula is C14H15N3OS. The van der Waals surface area contributed by atoms with Crippen LogP contribution in [0.3, 0.4) is 0 Å². The van der Waals surface area contributed by atoms with E-state index in [0.29, 0.717) is 18.2 Å². The van der Waals surface area contributed by atoms with Crippen molar-refractivity contribution in [3.05, 3.63) is 35.3 Å². The third-order valence-corrected chi connectivity index (χ3v) is 3.95. The number of nitrogen functional groups attached to an aromatic ring is 1. The maximum absolute atomic E-state index is 11.7. The number of para-hydroxylation sites is 1. The summed E-state index contributed by atoms with van der Waals surface area (Å²) >= 11 is 1.52. The van der Waals surface area contributed by atoms with Crippen molar-refractivity contribution in [2.75, 3.05) is 5.73 Å². The highest BCUT2D eigenvalue weighted by Crippen LogP contribution is 2.28. The number of nitrogens with two attached hydrogens (primary N) is 1. The number of aromatic nitrogens is 1. The van der Waals surface area contributed by atoms with E-state index in [0.717, 1.165) is 29.1 Å². The summed E-state index contributed by atoms with van der Waals surface area (Å²) in [4.78, 5) is 16.2. The number of hydrogen-bond acceptors (Lipinski definition) is 4. The molecule has 2 aromatic rings. The van der Waals surface area contributed by atoms with E-state index in [9.17, 15) is 4.79 Å². The molecule has 0 aliphatic heterocycles. The number of benzene rings is 1. The van der Waals surface area contributed by atoms with Crippen LogP contribution in [0.25, 0.3) is 10.6 Å². The molecule has 5 heteroatoms. The van der Waals surface area contributed by atoms with E-state index in [2.05, 4.69) is 10.3 Å². The Morgan fingerprint density at radius 2 is 2.21 bits per heavy atom. The van der Waals surface area contributed by atoms with Crippen LogP contribution in [0.15, 0.2) is 29.6 Å². The standard InChI is InChI=1S/C14H15N3OS/c15-12-4-2-1-3-11(12)14-17-10(8-19-14)7-13(18)16-9-5-6-9/h1-4,8-9H,5-7,15H2,(H,16,18). The predicted octanol–water partition coefficient (Wildman–Crippen LogP) is 2.21. The van der Waals surface area contributed by atoms with E-state index in [1.807, 2.05) is 29.6 Å². The third kappa shape index (κ3) is 2.93. The number of thiazole rings is 1. The first-order valence-corrected chi connectivity index (χ1v) is 7.19. The highest BCUT2D eigenvalue weighted by molar-refractivity contribution is 7.13. The Morgan fingerprint density at radius 1 is 1.42 bits per heavy atom. The fraction of sp³-hybridized carbons (Fsp3) is 0.286. The molecule has 0 unspecified atom stereocenters. The van der Waals surface area contributed by atoms with Gasteiger partial charge in [0.1, 0.15) is 5.01 Å². The van der Waals surface area contributed by atoms with Crippen LogP contribution >= 0.6 is 11.3 Å². The minimum absolute atomic E-state index is 0.0559. The van der Waals surface area contributed by atoms with Crippen molar-refractivity contribution in [3.63, 3.8) is 0 Å². The molecule has 0 radical (unpaired) electrons. The topological polar surface area (TPSA) is 68.0 Å². The van der Waals surface area contributed by atoms with Gasteiger partial charge < -0.3 is 11.1 Å². The van der Waals surface area contributed by atoms with Crippen molar-refractivity contribution in [3.8, 4) is 10.6 Å². The van der Waals surface area contributed by atoms with Crippen LogP contribution in [-0.2, 0) is 11.2 Å². The van der Waals surface area contributed by atoms with Crippen LogP contribution in [0.2, 0.25) is 0 Å². The number of nitrogens with one attached hydrogen (secondary N) is 1. The second-order valence-corrected chi connectivity index (χ2v) is 5.61. The molecule has 98 valence electrons. The van der Waals surface area contributed by atoms with Crippen molar-refractivity contribution < 1.29 is 4.79 Å². The minimum atomic E-state index is 0.0559. The first kappa shape index (κ1) is 12.2. The highest BCUT2D eigenvalue weighted by atomic mass is 32.1. The molecule has 4 nitrogen and oxygen atoms in total. The average molecular weight is 273 g/mol. The first-order chi connectivity index (χ1) is 9.22. The molecule has 1 amide bonds. The van der Waals surface area contributed by atoms with Gasteiger partial charge in [-0.15, -0.1) is 11.3 Å². The van der Waals surface area contributed by atoms with Gasteiger partial charge in [-0.2, -0.15) is 0 Å². The Morgan fingerprint density at radius 3 is 2.95 bits per heavy atom. The van der Waals surface area contributed by atoms with Gasteiger partial charge >= 0.3 is 0 Å². The lowest BCUT2D eigenvalue weighted by Gasteiger charge is -2.01. The number of carbonyl (C=O) groups is 1. The maximum atomic E-state index is 11.7. The van der Waals surface area contributed by atoms with Crippen molar-refractivity contribution >= 4 is 22.9 Å². The van der Waals surface area contributed by atoms with Gasteiger partial charge in [-0.1, -0.05) is 12.1 Å². The molecule has 3 rings (SSSR count). The van der Waals surface area contributed by atoms with E-state index >= 15 is 0 Å². The quantitative estimate of drug-likeness (QED) is 0.839. The third-order valence-electron chi connectivity index (χ3n) is 3.03. The van der Waals surface area contributed by atoms with Gasteiger partial charge in [0.05, 0.1) is 12.1 Å². The van der Waals surface area contributed by atoms with Gasteiger partial charge in [-0.05, 0) is 25.0 Å². The molecule has 0 bridgehead atoms. The maximum Gasteiger partial charge on any atom is 0.226 e. The Balaban J connectivity index is 1.72. The molecule has 0 spiro atoms. The van der Waals surface area contributed by atoms with E-state index in [1.165, 1.54) is 11.3 Å². The summed E-state index contributed by atoms with van der Waals surface area (Å²) in [5.41, 5.74) is 8.38. The fourth-order valence-electron chi connectivity index (χ4n) is 1.87. The van der Waals surface area contributed by atoms with Crippen molar-refractivity contribution in [2.45, 2.75) is 25.3 Å². The number of anilines is 1. The van der Waals surface area contributed by atoms with Crippen molar-refractivity contribution in [1.82, 2.24) is 10.3 Å². The molecule has 1 saturated carbocycles. The molecule has 3 N–H and O–H groups in total. The summed E-state index contributed by atoms with van der Waals surface area (Å²) in [6.45, 7) is 0. The van der Waals surface area contributed by atoms with Crippen LogP contribution in [0.1, 0.15) is 18.5 Å². The summed E-state index contributed by atoms with van der Waals surface area (Å²) in [6, 6.07) is 8.04. The fourth-order valence-corrected chi connectivity index (χ4v) is 2.74. The van der Waals surface area contributed by atoms with E-state index < -0.39 is 0 Å². The number of rotatable bonds is 4. The van der Waals surface area contributed by atoms with E-state index in [4.69, 9.17) is 5.73 Å². The van der Waals surface area contributed by atoms with Gasteiger partial charge in [0.25, 0.3) is 0 Å². The Hall–Kier alpha value is -1.88. The average Bonchev–Trinajstić information content (AvgIpc) is 3.07. The largest absolute Gasteiger partial charge is 0.398 e. The number of carbonyl (C=O) groups excluding carboxylic acids is 1. The first-order valence-electron chi connectivity index (χ1n) is 6.31. The van der Waals surface area contributed by atoms with Gasteiger partial charge in [-0.3, -0.25) is 4.79 Å². The SMILES string of the molecule is Nc1ccccc1-c1nc(CC(=O)NC2CC2)cs1. The van der Waals surface area contributed by atoms with Crippen molar-refractivity contribution in [2.24, 2.45) is 0 Å². The summed E-state index contributed by atoms with van der Waals surface area (Å²) in [7, 11) is 0. The molecular weight excluding hydrogens is 258 g/mol. The summed E-state index contributed by atoms with van der Waals surface area (Å²) < 4.78 is 0. The molecule has 0 saturated heterocycles. The van der Waals surface area contributed by atoms with Crippen LogP contribution < -0.4 is 11.1 Å². The molecule has 1 aromatic heterocycles. The summed E-state index contributed by atoms with van der Waals surface area (Å²) in [5.74, 6) is 0.0559. The molecule has 0 atom stereocenters. The van der Waals surface area contributed by atoms with Crippen LogP contribution in [0.4, 0.5) is 5.69 Å². The van der Waals surface area contributed by atoms with E-state index in [-0.39, 0.29) is 5.91 Å². The Labute approximate surface area is 115 Å². The molecule has 1 aliphatic carbocycles. The molecule has 19 heavy (non-hydrogen) atoms. The van der Waals surface area contributed by atoms with Crippen LogP contribution in [0.5, 0.6) is 0 Å². The smallest absolute Gasteiger partial charge is 0.226 e. The van der Waals surface area contributed by atoms with Gasteiger partial charge in [-0.25, -0.2) is 4.98 Å². The zero-order chi connectivity index (χ0) is 13.2. The Bertz CT molecular complexity index is 604. The lowest BCUT2D eigenvalue weighted by atomic mass is 10.2. The minimum Gasteiger partial charge on any atom is -0.398 e. The highest BCUT2D eigenvalue weighted by Gasteiger charge is 2.23. The van der Waals surface area contributed by atoms with Gasteiger partial charge in [0.2, 0.25) is 5.91 Å². The van der Waals surface area contributed by atoms with Gasteiger partial charge in [0, 0.05) is 22.7 Å². The molecule has 1 heterocycles. The van der Waals surface area contributed by atoms with E-state index in [1.54, 1.807) is 0 Å². The zero-order valence-electron chi connectivity index (χ0n) is 10.4. The number of hydrogen-bond donors (Lipinski definition) is 2. The summed E-state index contributed by atoms with van der Waals surface area (Å²) in [5, 5.41) is 5.76. The van der Waals surface area contributed by atoms with Gasteiger partial charge in [0.15, 0.2) is 0 Å². The molecule has 1 fully saturated rings. The predicted molar refractivity (Wildman–Crippen MR) is 76.8 cm³/mol.